The summed E-state index contributed by atoms with van der Waals surface area (Å²) in [5.74, 6) is -0.472. The number of methoxy groups -OCH3 is 1. The van der Waals surface area contributed by atoms with Crippen molar-refractivity contribution in [3.05, 3.63) is 41.7 Å². The van der Waals surface area contributed by atoms with Crippen LogP contribution in [0.4, 0.5) is 0 Å². The van der Waals surface area contributed by atoms with Crippen molar-refractivity contribution in [1.29, 1.82) is 0 Å². The molecule has 0 aromatic heterocycles. The first kappa shape index (κ1) is 12.3. The van der Waals surface area contributed by atoms with Gasteiger partial charge in [-0.25, -0.2) is 4.79 Å². The summed E-state index contributed by atoms with van der Waals surface area (Å²) >= 11 is 0. The molecule has 1 aromatic carbocycles. The van der Waals surface area contributed by atoms with Gasteiger partial charge in [-0.3, -0.25) is 0 Å². The highest BCUT2D eigenvalue weighted by Gasteiger charge is 2.10. The van der Waals surface area contributed by atoms with Gasteiger partial charge in [-0.2, -0.15) is 0 Å². The number of ether oxygens (including phenoxy) is 2. The van der Waals surface area contributed by atoms with E-state index < -0.39 is 5.97 Å². The van der Waals surface area contributed by atoms with Crippen LogP contribution < -0.4 is 0 Å². The van der Waals surface area contributed by atoms with Crippen LogP contribution in [0, 0.1) is 0 Å². The van der Waals surface area contributed by atoms with Crippen LogP contribution in [0.5, 0.6) is 0 Å². The molecule has 4 heteroatoms. The highest BCUT2D eigenvalue weighted by atomic mass is 16.6. The van der Waals surface area contributed by atoms with E-state index in [4.69, 9.17) is 9.84 Å². The van der Waals surface area contributed by atoms with Gasteiger partial charge >= 0.3 is 5.97 Å². The van der Waals surface area contributed by atoms with Crippen LogP contribution in [0.25, 0.3) is 6.08 Å². The lowest BCUT2D eigenvalue weighted by atomic mass is 10.2. The number of benzene rings is 1. The van der Waals surface area contributed by atoms with Crippen molar-refractivity contribution in [3.63, 3.8) is 0 Å². The standard InChI is InChI=1S/C12H14O4/c1-15-12(14)11(16-8-7-13)9-10-5-3-2-4-6-10/h2-6,9,13H,7-8H2,1H3. The fourth-order valence-corrected chi connectivity index (χ4v) is 1.12. The zero-order valence-electron chi connectivity index (χ0n) is 9.05. The Kier molecular flexibility index (Phi) is 5.08. The van der Waals surface area contributed by atoms with Gasteiger partial charge in [-0.15, -0.1) is 0 Å². The molecule has 86 valence electrons. The molecule has 16 heavy (non-hydrogen) atoms. The molecule has 0 unspecified atom stereocenters. The summed E-state index contributed by atoms with van der Waals surface area (Å²) in [6.07, 6.45) is 1.57. The van der Waals surface area contributed by atoms with E-state index in [0.29, 0.717) is 0 Å². The molecule has 1 N–H and O–H groups in total. The van der Waals surface area contributed by atoms with Gasteiger partial charge in [-0.1, -0.05) is 30.3 Å². The maximum atomic E-state index is 11.3. The predicted molar refractivity (Wildman–Crippen MR) is 59.5 cm³/mol. The Bertz CT molecular complexity index is 357. The van der Waals surface area contributed by atoms with Crippen LogP contribution in [-0.2, 0) is 14.3 Å². The molecule has 1 rings (SSSR count). The Labute approximate surface area is 94.1 Å². The Hall–Kier alpha value is -1.81. The molecule has 0 heterocycles. The van der Waals surface area contributed by atoms with Crippen LogP contribution in [0.2, 0.25) is 0 Å². The van der Waals surface area contributed by atoms with E-state index in [1.54, 1.807) is 6.08 Å². The van der Waals surface area contributed by atoms with E-state index in [-0.39, 0.29) is 19.0 Å². The third-order valence-corrected chi connectivity index (χ3v) is 1.83. The number of aliphatic hydroxyl groups excluding tert-OH is 1. The average molecular weight is 222 g/mol. The largest absolute Gasteiger partial charge is 0.484 e. The summed E-state index contributed by atoms with van der Waals surface area (Å²) in [4.78, 5) is 11.3. The molecule has 0 bridgehead atoms. The zero-order valence-corrected chi connectivity index (χ0v) is 9.05. The Balaban J connectivity index is 2.83. The van der Waals surface area contributed by atoms with Crippen molar-refractivity contribution in [1.82, 2.24) is 0 Å². The lowest BCUT2D eigenvalue weighted by molar-refractivity contribution is -0.140. The van der Waals surface area contributed by atoms with Crippen LogP contribution in [-0.4, -0.2) is 31.4 Å². The second-order valence-electron chi connectivity index (χ2n) is 2.98. The minimum Gasteiger partial charge on any atom is -0.484 e. The minimum absolute atomic E-state index is 0.0633. The van der Waals surface area contributed by atoms with Gasteiger partial charge in [-0.05, 0) is 11.6 Å². The summed E-state index contributed by atoms with van der Waals surface area (Å²) in [6.45, 7) is -0.0864. The van der Waals surface area contributed by atoms with Crippen molar-refractivity contribution in [3.8, 4) is 0 Å². The maximum Gasteiger partial charge on any atom is 0.373 e. The second kappa shape index (κ2) is 6.63. The van der Waals surface area contributed by atoms with E-state index in [9.17, 15) is 4.79 Å². The topological polar surface area (TPSA) is 55.8 Å². The fraction of sp³-hybridized carbons (Fsp3) is 0.250. The molecule has 0 atom stereocenters. The molecule has 4 nitrogen and oxygen atoms in total. The van der Waals surface area contributed by atoms with E-state index in [2.05, 4.69) is 4.74 Å². The molecule has 0 radical (unpaired) electrons. The number of esters is 1. The maximum absolute atomic E-state index is 11.3. The van der Waals surface area contributed by atoms with Crippen molar-refractivity contribution in [2.45, 2.75) is 0 Å². The molecule has 0 saturated heterocycles. The Morgan fingerprint density at radius 1 is 1.38 bits per heavy atom. The first-order valence-corrected chi connectivity index (χ1v) is 4.86. The SMILES string of the molecule is COC(=O)C(=Cc1ccccc1)OCCO. The molecule has 0 aliphatic rings. The lowest BCUT2D eigenvalue weighted by Gasteiger charge is -2.06. The van der Waals surface area contributed by atoms with Gasteiger partial charge < -0.3 is 14.6 Å². The van der Waals surface area contributed by atoms with Crippen LogP contribution in [0.15, 0.2) is 36.1 Å². The second-order valence-corrected chi connectivity index (χ2v) is 2.98. The molecule has 1 aromatic rings. The number of hydrogen-bond donors (Lipinski definition) is 1. The smallest absolute Gasteiger partial charge is 0.373 e. The van der Waals surface area contributed by atoms with Gasteiger partial charge in [0.25, 0.3) is 0 Å². The first-order chi connectivity index (χ1) is 7.77. The van der Waals surface area contributed by atoms with Crippen molar-refractivity contribution in [2.24, 2.45) is 0 Å². The highest BCUT2D eigenvalue weighted by Crippen LogP contribution is 2.09. The van der Waals surface area contributed by atoms with E-state index in [0.717, 1.165) is 5.56 Å². The van der Waals surface area contributed by atoms with Gasteiger partial charge in [0.15, 0.2) is 0 Å². The van der Waals surface area contributed by atoms with Crippen molar-refractivity contribution in [2.75, 3.05) is 20.3 Å². The van der Waals surface area contributed by atoms with Crippen molar-refractivity contribution < 1.29 is 19.4 Å². The van der Waals surface area contributed by atoms with Crippen LogP contribution in [0.3, 0.4) is 0 Å². The summed E-state index contributed by atoms with van der Waals surface area (Å²) in [5, 5.41) is 8.63. The van der Waals surface area contributed by atoms with E-state index in [1.807, 2.05) is 30.3 Å². The molecule has 0 amide bonds. The van der Waals surface area contributed by atoms with Gasteiger partial charge in [0.2, 0.25) is 5.76 Å². The van der Waals surface area contributed by atoms with E-state index >= 15 is 0 Å². The molecular weight excluding hydrogens is 208 g/mol. The van der Waals surface area contributed by atoms with Crippen molar-refractivity contribution >= 4 is 12.0 Å². The number of hydrogen-bond acceptors (Lipinski definition) is 4. The molecule has 0 spiro atoms. The van der Waals surface area contributed by atoms with Gasteiger partial charge in [0.1, 0.15) is 6.61 Å². The number of carbonyl (C=O) groups is 1. The predicted octanol–water partition coefficient (Wildman–Crippen LogP) is 1.21. The number of carbonyl (C=O) groups excluding carboxylic acids is 1. The quantitative estimate of drug-likeness (QED) is 0.462. The Morgan fingerprint density at radius 2 is 2.06 bits per heavy atom. The van der Waals surface area contributed by atoms with E-state index in [1.165, 1.54) is 7.11 Å². The number of aliphatic hydroxyl groups is 1. The summed E-state index contributed by atoms with van der Waals surface area (Å²) in [7, 11) is 1.28. The molecule has 0 saturated carbocycles. The molecule has 0 aliphatic carbocycles. The fourth-order valence-electron chi connectivity index (χ4n) is 1.12. The van der Waals surface area contributed by atoms with Crippen LogP contribution >= 0.6 is 0 Å². The molecular formula is C12H14O4. The summed E-state index contributed by atoms with van der Waals surface area (Å²) in [5.41, 5.74) is 0.834. The minimum atomic E-state index is -0.558. The van der Waals surface area contributed by atoms with Gasteiger partial charge in [0, 0.05) is 0 Å². The molecule has 0 fully saturated rings. The Morgan fingerprint density at radius 3 is 2.62 bits per heavy atom. The third-order valence-electron chi connectivity index (χ3n) is 1.83. The lowest BCUT2D eigenvalue weighted by Crippen LogP contribution is -2.10. The summed E-state index contributed by atoms with van der Waals surface area (Å²) in [6, 6.07) is 9.26. The molecule has 0 aliphatic heterocycles. The summed E-state index contributed by atoms with van der Waals surface area (Å²) < 4.78 is 9.65. The van der Waals surface area contributed by atoms with Crippen LogP contribution in [0.1, 0.15) is 5.56 Å². The highest BCUT2D eigenvalue weighted by molar-refractivity contribution is 5.91. The average Bonchev–Trinajstić information content (AvgIpc) is 2.34. The first-order valence-electron chi connectivity index (χ1n) is 4.86. The van der Waals surface area contributed by atoms with Gasteiger partial charge in [0.05, 0.1) is 13.7 Å². The monoisotopic (exact) mass is 222 g/mol. The third kappa shape index (κ3) is 3.74. The zero-order chi connectivity index (χ0) is 11.8. The normalized spacial score (nSPS) is 11.0. The number of rotatable bonds is 5.